The molecule has 0 aliphatic carbocycles. The van der Waals surface area contributed by atoms with Crippen molar-refractivity contribution < 1.29 is 17.6 Å². The van der Waals surface area contributed by atoms with Crippen molar-refractivity contribution >= 4 is 27.0 Å². The summed E-state index contributed by atoms with van der Waals surface area (Å²) in [4.78, 5) is 15.8. The van der Waals surface area contributed by atoms with Crippen LogP contribution >= 0.6 is 0 Å². The Kier molecular flexibility index (Phi) is 4.45. The van der Waals surface area contributed by atoms with Gasteiger partial charge in [-0.1, -0.05) is 12.1 Å². The number of rotatable bonds is 4. The van der Waals surface area contributed by atoms with Crippen LogP contribution in [0.3, 0.4) is 0 Å². The highest BCUT2D eigenvalue weighted by Crippen LogP contribution is 2.31. The summed E-state index contributed by atoms with van der Waals surface area (Å²) in [5.41, 5.74) is 6.96. The summed E-state index contributed by atoms with van der Waals surface area (Å²) in [6.07, 6.45) is 1.54. The number of fused-ring (bicyclic) bond motifs is 1. The monoisotopic (exact) mass is 385 g/mol. The molecule has 7 nitrogen and oxygen atoms in total. The van der Waals surface area contributed by atoms with Crippen LogP contribution in [-0.2, 0) is 10.0 Å². The number of hydrogen-bond donors (Lipinski definition) is 1. The predicted octanol–water partition coefficient (Wildman–Crippen LogP) is 2.50. The van der Waals surface area contributed by atoms with Crippen molar-refractivity contribution in [3.8, 4) is 0 Å². The first-order valence-corrected chi connectivity index (χ1v) is 10.1. The van der Waals surface area contributed by atoms with Gasteiger partial charge in [-0.25, -0.2) is 13.4 Å². The molecule has 0 bridgehead atoms. The van der Waals surface area contributed by atoms with Crippen LogP contribution in [-0.4, -0.2) is 36.7 Å². The molecule has 0 saturated carbocycles. The van der Waals surface area contributed by atoms with Crippen LogP contribution in [0.4, 0.5) is 0 Å². The van der Waals surface area contributed by atoms with E-state index in [1.165, 1.54) is 28.6 Å². The van der Waals surface area contributed by atoms with Gasteiger partial charge in [0.05, 0.1) is 4.90 Å². The molecule has 1 atom stereocenters. The molecule has 27 heavy (non-hydrogen) atoms. The van der Waals surface area contributed by atoms with Gasteiger partial charge >= 0.3 is 0 Å². The second-order valence-corrected chi connectivity index (χ2v) is 8.55. The Hall–Kier alpha value is -2.71. The van der Waals surface area contributed by atoms with Crippen molar-refractivity contribution in [2.75, 3.05) is 13.1 Å². The quantitative estimate of drug-likeness (QED) is 0.743. The Labute approximate surface area is 156 Å². The number of hydrogen-bond acceptors (Lipinski definition) is 5. The average molecular weight is 385 g/mol. The fraction of sp³-hybridized carbons (Fsp3) is 0.263. The van der Waals surface area contributed by atoms with Crippen molar-refractivity contribution in [1.29, 1.82) is 0 Å². The fourth-order valence-corrected chi connectivity index (χ4v) is 4.89. The van der Waals surface area contributed by atoms with E-state index in [1.54, 1.807) is 0 Å². The van der Waals surface area contributed by atoms with E-state index in [0.29, 0.717) is 24.6 Å². The van der Waals surface area contributed by atoms with Crippen molar-refractivity contribution in [3.05, 3.63) is 60.0 Å². The number of nitrogens with two attached hydrogens (primary N) is 1. The van der Waals surface area contributed by atoms with E-state index < -0.39 is 15.9 Å². The molecule has 2 heterocycles. The molecule has 140 valence electrons. The Morgan fingerprint density at radius 1 is 1.15 bits per heavy atom. The van der Waals surface area contributed by atoms with Crippen LogP contribution in [0.15, 0.2) is 57.8 Å². The number of para-hydroxylation sites is 2. The second kappa shape index (κ2) is 6.79. The normalized spacial score (nSPS) is 18.6. The maximum Gasteiger partial charge on any atom is 0.248 e. The predicted molar refractivity (Wildman–Crippen MR) is 99.7 cm³/mol. The van der Waals surface area contributed by atoms with Crippen molar-refractivity contribution in [1.82, 2.24) is 9.29 Å². The molecule has 1 aromatic heterocycles. The van der Waals surface area contributed by atoms with Gasteiger partial charge < -0.3 is 10.2 Å². The summed E-state index contributed by atoms with van der Waals surface area (Å²) in [6.45, 7) is 0.753. The van der Waals surface area contributed by atoms with Crippen LogP contribution in [0.2, 0.25) is 0 Å². The van der Waals surface area contributed by atoms with Crippen LogP contribution in [0.5, 0.6) is 0 Å². The summed E-state index contributed by atoms with van der Waals surface area (Å²) in [5.74, 6) is -0.112. The zero-order chi connectivity index (χ0) is 19.0. The maximum absolute atomic E-state index is 13.0. The molecule has 1 saturated heterocycles. The van der Waals surface area contributed by atoms with Gasteiger partial charge in [0.1, 0.15) is 5.52 Å². The van der Waals surface area contributed by atoms with Crippen LogP contribution in [0.1, 0.15) is 35.0 Å². The highest BCUT2D eigenvalue weighted by Gasteiger charge is 2.33. The molecular weight excluding hydrogens is 366 g/mol. The molecule has 1 unspecified atom stereocenters. The van der Waals surface area contributed by atoms with E-state index in [9.17, 15) is 13.2 Å². The maximum atomic E-state index is 13.0. The molecule has 2 N–H and O–H groups in total. The van der Waals surface area contributed by atoms with Crippen molar-refractivity contribution in [3.63, 3.8) is 0 Å². The zero-order valence-corrected chi connectivity index (χ0v) is 15.4. The summed E-state index contributed by atoms with van der Waals surface area (Å²) in [5, 5.41) is 0. The van der Waals surface area contributed by atoms with E-state index in [1.807, 2.05) is 24.3 Å². The fourth-order valence-electron chi connectivity index (χ4n) is 3.37. The lowest BCUT2D eigenvalue weighted by atomic mass is 10.00. The lowest BCUT2D eigenvalue weighted by Gasteiger charge is -2.30. The van der Waals surface area contributed by atoms with E-state index >= 15 is 0 Å². The molecule has 0 radical (unpaired) electrons. The molecule has 4 rings (SSSR count). The standard InChI is InChI=1S/C19H19N3O4S/c20-18(23)13-7-9-15(10-8-13)27(24,25)22-11-3-4-14(12-22)19-21-16-5-1-2-6-17(16)26-19/h1-2,5-10,14H,3-4,11-12H2,(H2,20,23). The number of benzene rings is 2. The molecule has 0 spiro atoms. The highest BCUT2D eigenvalue weighted by atomic mass is 32.2. The SMILES string of the molecule is NC(=O)c1ccc(S(=O)(=O)N2CCCC(c3nc4ccccc4o3)C2)cc1. The van der Waals surface area contributed by atoms with Gasteiger partial charge in [-0.2, -0.15) is 4.31 Å². The van der Waals surface area contributed by atoms with Crippen LogP contribution in [0.25, 0.3) is 11.1 Å². The molecule has 1 aliphatic heterocycles. The van der Waals surface area contributed by atoms with Gasteiger partial charge in [-0.15, -0.1) is 0 Å². The average Bonchev–Trinajstić information content (AvgIpc) is 3.12. The summed E-state index contributed by atoms with van der Waals surface area (Å²) in [6, 6.07) is 13.2. The number of amides is 1. The molecule has 8 heteroatoms. The van der Waals surface area contributed by atoms with Gasteiger partial charge in [-0.05, 0) is 49.2 Å². The largest absolute Gasteiger partial charge is 0.440 e. The molecule has 2 aromatic carbocycles. The van der Waals surface area contributed by atoms with E-state index in [4.69, 9.17) is 10.2 Å². The smallest absolute Gasteiger partial charge is 0.248 e. The van der Waals surface area contributed by atoms with Crippen molar-refractivity contribution in [2.45, 2.75) is 23.7 Å². The minimum absolute atomic E-state index is 0.0918. The number of sulfonamides is 1. The second-order valence-electron chi connectivity index (χ2n) is 6.61. The van der Waals surface area contributed by atoms with Gasteiger partial charge in [0.15, 0.2) is 11.5 Å². The number of nitrogens with zero attached hydrogens (tertiary/aromatic N) is 2. The summed E-state index contributed by atoms with van der Waals surface area (Å²) in [7, 11) is -3.66. The third-order valence-electron chi connectivity index (χ3n) is 4.82. The van der Waals surface area contributed by atoms with E-state index in [-0.39, 0.29) is 16.4 Å². The number of carbonyl (C=O) groups excluding carboxylic acids is 1. The Bertz CT molecular complexity index is 1060. The molecule has 1 amide bonds. The third kappa shape index (κ3) is 3.33. The first-order valence-electron chi connectivity index (χ1n) is 8.70. The molecule has 1 fully saturated rings. The third-order valence-corrected chi connectivity index (χ3v) is 6.70. The lowest BCUT2D eigenvalue weighted by molar-refractivity contribution is 0.1000. The highest BCUT2D eigenvalue weighted by molar-refractivity contribution is 7.89. The first-order chi connectivity index (χ1) is 12.9. The number of carbonyl (C=O) groups is 1. The number of primary amides is 1. The van der Waals surface area contributed by atoms with E-state index in [0.717, 1.165) is 18.4 Å². The lowest BCUT2D eigenvalue weighted by Crippen LogP contribution is -2.39. The zero-order valence-electron chi connectivity index (χ0n) is 14.5. The van der Waals surface area contributed by atoms with Crippen molar-refractivity contribution in [2.24, 2.45) is 5.73 Å². The van der Waals surface area contributed by atoms with Gasteiger partial charge in [0.2, 0.25) is 15.9 Å². The van der Waals surface area contributed by atoms with Crippen LogP contribution < -0.4 is 5.73 Å². The van der Waals surface area contributed by atoms with E-state index in [2.05, 4.69) is 4.98 Å². The number of aromatic nitrogens is 1. The molecule has 3 aromatic rings. The number of piperidine rings is 1. The minimum atomic E-state index is -3.66. The minimum Gasteiger partial charge on any atom is -0.440 e. The van der Waals surface area contributed by atoms with Gasteiger partial charge in [0.25, 0.3) is 0 Å². The molecular formula is C19H19N3O4S. The summed E-state index contributed by atoms with van der Waals surface area (Å²) < 4.78 is 33.2. The Morgan fingerprint density at radius 3 is 2.59 bits per heavy atom. The molecule has 1 aliphatic rings. The van der Waals surface area contributed by atoms with Gasteiger partial charge in [-0.3, -0.25) is 4.79 Å². The topological polar surface area (TPSA) is 106 Å². The first kappa shape index (κ1) is 17.7. The Morgan fingerprint density at radius 2 is 1.89 bits per heavy atom. The summed E-state index contributed by atoms with van der Waals surface area (Å²) >= 11 is 0. The van der Waals surface area contributed by atoms with Gasteiger partial charge in [0, 0.05) is 24.6 Å². The van der Waals surface area contributed by atoms with Crippen LogP contribution in [0, 0.1) is 0 Å². The number of oxazole rings is 1. The Balaban J connectivity index is 1.58.